The van der Waals surface area contributed by atoms with E-state index in [9.17, 15) is 9.59 Å². The van der Waals surface area contributed by atoms with Crippen LogP contribution in [0.1, 0.15) is 49.5 Å². The number of nitrogens with zero attached hydrogens (tertiary/aromatic N) is 2. The van der Waals surface area contributed by atoms with Crippen LogP contribution in [0.2, 0.25) is 0 Å². The first-order valence-electron chi connectivity index (χ1n) is 10.3. The number of piperidine rings is 1. The molecule has 1 aromatic rings. The van der Waals surface area contributed by atoms with E-state index >= 15 is 0 Å². The van der Waals surface area contributed by atoms with Gasteiger partial charge < -0.3 is 15.5 Å². The highest BCUT2D eigenvalue weighted by molar-refractivity contribution is 5.97. The largest absolute Gasteiger partial charge is 0.345 e. The van der Waals surface area contributed by atoms with Crippen LogP contribution in [0.25, 0.3) is 0 Å². The summed E-state index contributed by atoms with van der Waals surface area (Å²) in [6.45, 7) is 11.5. The van der Waals surface area contributed by atoms with E-state index in [0.717, 1.165) is 24.6 Å². The van der Waals surface area contributed by atoms with Crippen molar-refractivity contribution in [2.75, 3.05) is 39.0 Å². The fourth-order valence-corrected chi connectivity index (χ4v) is 3.66. The van der Waals surface area contributed by atoms with E-state index in [1.165, 1.54) is 17.7 Å². The second kappa shape index (κ2) is 9.92. The molecule has 0 spiro atoms. The smallest absolute Gasteiger partial charge is 0.319 e. The maximum atomic E-state index is 12.5. The monoisotopic (exact) mass is 388 g/mol. The first-order valence-corrected chi connectivity index (χ1v) is 10.3. The third kappa shape index (κ3) is 5.96. The number of hydrogen-bond donors (Lipinski definition) is 2. The van der Waals surface area contributed by atoms with Gasteiger partial charge in [-0.2, -0.15) is 0 Å². The molecule has 156 valence electrons. The van der Waals surface area contributed by atoms with Crippen LogP contribution in [0.3, 0.4) is 0 Å². The van der Waals surface area contributed by atoms with Gasteiger partial charge in [0, 0.05) is 37.9 Å². The van der Waals surface area contributed by atoms with E-state index in [2.05, 4.69) is 36.3 Å². The number of carbonyl (C=O) groups excluding carboxylic acids is 2. The fourth-order valence-electron chi connectivity index (χ4n) is 3.66. The lowest BCUT2D eigenvalue weighted by Crippen LogP contribution is -2.50. The first kappa shape index (κ1) is 22.2. The zero-order chi connectivity index (χ0) is 20.8. The van der Waals surface area contributed by atoms with Gasteiger partial charge in [-0.15, -0.1) is 0 Å². The highest BCUT2D eigenvalue weighted by atomic mass is 16.2. The molecule has 2 N–H and O–H groups in total. The lowest BCUT2D eigenvalue weighted by molar-refractivity contribution is 0.0827. The predicted molar refractivity (Wildman–Crippen MR) is 115 cm³/mol. The molecule has 0 aromatic heterocycles. The molecule has 1 aliphatic heterocycles. The minimum Gasteiger partial charge on any atom is -0.345 e. The number of nitrogens with one attached hydrogen (secondary N) is 2. The summed E-state index contributed by atoms with van der Waals surface area (Å²) in [5.41, 5.74) is 2.15. The Morgan fingerprint density at radius 1 is 1.21 bits per heavy atom. The summed E-state index contributed by atoms with van der Waals surface area (Å²) in [7, 11) is 3.44. The molecule has 1 saturated heterocycles. The summed E-state index contributed by atoms with van der Waals surface area (Å²) >= 11 is 0. The molecule has 1 heterocycles. The number of rotatable bonds is 6. The zero-order valence-corrected chi connectivity index (χ0v) is 18.2. The average Bonchev–Trinajstić information content (AvgIpc) is 2.64. The van der Waals surface area contributed by atoms with Crippen molar-refractivity contribution in [2.45, 2.75) is 46.6 Å². The number of benzene rings is 1. The minimum atomic E-state index is -0.228. The van der Waals surface area contributed by atoms with E-state index in [-0.39, 0.29) is 11.9 Å². The summed E-state index contributed by atoms with van der Waals surface area (Å²) in [6, 6.07) is 5.49. The quantitative estimate of drug-likeness (QED) is 0.783. The lowest BCUT2D eigenvalue weighted by atomic mass is 9.94. The Morgan fingerprint density at radius 2 is 1.86 bits per heavy atom. The number of likely N-dealkylation sites (tertiary alicyclic amines) is 1. The molecule has 6 nitrogen and oxygen atoms in total. The number of anilines is 1. The van der Waals surface area contributed by atoms with Gasteiger partial charge in [0.2, 0.25) is 0 Å². The Morgan fingerprint density at radius 3 is 2.43 bits per heavy atom. The third-order valence-corrected chi connectivity index (χ3v) is 5.67. The number of hydrogen-bond acceptors (Lipinski definition) is 3. The highest BCUT2D eigenvalue weighted by Gasteiger charge is 2.26. The summed E-state index contributed by atoms with van der Waals surface area (Å²) in [6.07, 6.45) is 2.45. The van der Waals surface area contributed by atoms with Crippen LogP contribution in [-0.2, 0) is 0 Å². The first-order chi connectivity index (χ1) is 13.2. The molecule has 1 atom stereocenters. The number of carbonyl (C=O) groups is 2. The van der Waals surface area contributed by atoms with Gasteiger partial charge in [-0.25, -0.2) is 4.79 Å². The molecule has 0 aliphatic carbocycles. The summed E-state index contributed by atoms with van der Waals surface area (Å²) < 4.78 is 0. The van der Waals surface area contributed by atoms with Crippen molar-refractivity contribution in [1.29, 1.82) is 0 Å². The Labute approximate surface area is 169 Å². The van der Waals surface area contributed by atoms with Gasteiger partial charge in [-0.05, 0) is 62.4 Å². The van der Waals surface area contributed by atoms with E-state index in [4.69, 9.17) is 0 Å². The van der Waals surface area contributed by atoms with Crippen molar-refractivity contribution in [2.24, 2.45) is 11.8 Å². The third-order valence-electron chi connectivity index (χ3n) is 5.67. The van der Waals surface area contributed by atoms with Gasteiger partial charge in [0.15, 0.2) is 0 Å². The lowest BCUT2D eigenvalue weighted by Gasteiger charge is -2.38. The van der Waals surface area contributed by atoms with Crippen LogP contribution in [0.4, 0.5) is 10.5 Å². The summed E-state index contributed by atoms with van der Waals surface area (Å²) in [5, 5.41) is 5.94. The molecule has 28 heavy (non-hydrogen) atoms. The summed E-state index contributed by atoms with van der Waals surface area (Å²) in [5.74, 6) is 1.18. The maximum absolute atomic E-state index is 12.5. The van der Waals surface area contributed by atoms with Crippen molar-refractivity contribution in [3.63, 3.8) is 0 Å². The molecule has 0 saturated carbocycles. The molecular formula is C22H36N4O2. The van der Waals surface area contributed by atoms with Crippen LogP contribution in [0.5, 0.6) is 0 Å². The average molecular weight is 389 g/mol. The van der Waals surface area contributed by atoms with Gasteiger partial charge >= 0.3 is 6.03 Å². The molecule has 1 aliphatic rings. The van der Waals surface area contributed by atoms with Gasteiger partial charge in [-0.3, -0.25) is 9.69 Å². The van der Waals surface area contributed by atoms with Crippen molar-refractivity contribution in [3.8, 4) is 0 Å². The van der Waals surface area contributed by atoms with Gasteiger partial charge in [-0.1, -0.05) is 26.8 Å². The van der Waals surface area contributed by atoms with E-state index in [0.29, 0.717) is 29.8 Å². The predicted octanol–water partition coefficient (Wildman–Crippen LogP) is 3.57. The molecule has 6 heteroatoms. The Hall–Kier alpha value is -2.08. The highest BCUT2D eigenvalue weighted by Crippen LogP contribution is 2.21. The topological polar surface area (TPSA) is 64.7 Å². The molecule has 1 aromatic carbocycles. The molecule has 0 radical (unpaired) electrons. The Bertz CT molecular complexity index is 679. The molecule has 1 unspecified atom stereocenters. The Balaban J connectivity index is 1.97. The van der Waals surface area contributed by atoms with Crippen molar-refractivity contribution in [3.05, 3.63) is 29.3 Å². The zero-order valence-electron chi connectivity index (χ0n) is 18.2. The van der Waals surface area contributed by atoms with Crippen LogP contribution in [0.15, 0.2) is 18.2 Å². The second-order valence-electron chi connectivity index (χ2n) is 8.59. The van der Waals surface area contributed by atoms with Crippen molar-refractivity contribution in [1.82, 2.24) is 15.1 Å². The maximum Gasteiger partial charge on any atom is 0.319 e. The second-order valence-corrected chi connectivity index (χ2v) is 8.59. The van der Waals surface area contributed by atoms with Crippen LogP contribution >= 0.6 is 0 Å². The molecule has 3 amide bonds. The summed E-state index contributed by atoms with van der Waals surface area (Å²) in [4.78, 5) is 28.7. The Kier molecular flexibility index (Phi) is 7.87. The number of amides is 3. The van der Waals surface area contributed by atoms with Crippen LogP contribution < -0.4 is 10.6 Å². The molecule has 1 fully saturated rings. The molecule has 0 bridgehead atoms. The molecular weight excluding hydrogens is 352 g/mol. The fraction of sp³-hybridized carbons (Fsp3) is 0.636. The SMILES string of the molecule is Cc1ccc(C(=O)N(C)C)cc1NC(=O)NCC(C(C)C)N1CCC(C)CC1. The molecule has 2 rings (SSSR count). The van der Waals surface area contributed by atoms with Crippen LogP contribution in [0, 0.1) is 18.8 Å². The van der Waals surface area contributed by atoms with E-state index < -0.39 is 0 Å². The normalized spacial score (nSPS) is 16.7. The minimum absolute atomic E-state index is 0.0809. The van der Waals surface area contributed by atoms with E-state index in [1.54, 1.807) is 26.2 Å². The number of aryl methyl sites for hydroxylation is 1. The van der Waals surface area contributed by atoms with Crippen molar-refractivity contribution >= 4 is 17.6 Å². The van der Waals surface area contributed by atoms with E-state index in [1.807, 2.05) is 13.0 Å². The van der Waals surface area contributed by atoms with Gasteiger partial charge in [0.05, 0.1) is 0 Å². The standard InChI is InChI=1S/C22H36N4O2/c1-15(2)20(26-11-9-16(3)10-12-26)14-23-22(28)24-19-13-18(8-7-17(19)4)21(27)25(5)6/h7-8,13,15-16,20H,9-12,14H2,1-6H3,(H2,23,24,28). The van der Waals surface area contributed by atoms with Gasteiger partial charge in [0.25, 0.3) is 5.91 Å². The van der Waals surface area contributed by atoms with Crippen LogP contribution in [-0.4, -0.2) is 61.5 Å². The van der Waals surface area contributed by atoms with Gasteiger partial charge in [0.1, 0.15) is 0 Å². The number of urea groups is 1. The van der Waals surface area contributed by atoms with Crippen molar-refractivity contribution < 1.29 is 9.59 Å².